The number of nitrogens with two attached hydrogens (primary N) is 2. The van der Waals surface area contributed by atoms with Gasteiger partial charge in [-0.3, -0.25) is 9.59 Å². The highest BCUT2D eigenvalue weighted by atomic mass is 16.2. The molecule has 2 amide bonds. The molecule has 0 radical (unpaired) electrons. The Hall–Kier alpha value is -3.38. The molecular formula is C30H38N4O2. The third-order valence-corrected chi connectivity index (χ3v) is 7.56. The lowest BCUT2D eigenvalue weighted by molar-refractivity contribution is -0.140. The molecule has 2 aromatic carbocycles. The smallest absolute Gasteiger partial charge is 0.242 e. The van der Waals surface area contributed by atoms with Gasteiger partial charge in [-0.1, -0.05) is 71.8 Å². The van der Waals surface area contributed by atoms with Crippen molar-refractivity contribution in [1.29, 1.82) is 0 Å². The predicted molar refractivity (Wildman–Crippen MR) is 145 cm³/mol. The van der Waals surface area contributed by atoms with Crippen molar-refractivity contribution in [2.45, 2.75) is 76.5 Å². The van der Waals surface area contributed by atoms with E-state index in [0.29, 0.717) is 19.3 Å². The lowest BCUT2D eigenvalue weighted by Gasteiger charge is -2.34. The van der Waals surface area contributed by atoms with Gasteiger partial charge in [-0.15, -0.1) is 0 Å². The number of nitrogens with one attached hydrogen (secondary N) is 1. The van der Waals surface area contributed by atoms with Crippen LogP contribution in [0.2, 0.25) is 0 Å². The lowest BCUT2D eigenvalue weighted by atomic mass is 9.75. The highest BCUT2D eigenvalue weighted by molar-refractivity contribution is 5.91. The molecule has 190 valence electrons. The van der Waals surface area contributed by atoms with Gasteiger partial charge >= 0.3 is 0 Å². The van der Waals surface area contributed by atoms with Crippen LogP contribution in [0.4, 0.5) is 5.69 Å². The van der Waals surface area contributed by atoms with Crippen LogP contribution in [0.25, 0.3) is 0 Å². The fourth-order valence-electron chi connectivity index (χ4n) is 5.67. The second-order valence-corrected chi connectivity index (χ2v) is 10.5. The minimum absolute atomic E-state index is 0.251. The molecule has 2 heterocycles. The molecule has 4 rings (SSSR count). The van der Waals surface area contributed by atoms with E-state index in [1.165, 1.54) is 11.1 Å². The molecule has 2 aliphatic heterocycles. The number of benzene rings is 2. The van der Waals surface area contributed by atoms with Gasteiger partial charge in [-0.2, -0.15) is 0 Å². The zero-order valence-corrected chi connectivity index (χ0v) is 21.5. The molecule has 6 nitrogen and oxygen atoms in total. The van der Waals surface area contributed by atoms with Crippen LogP contribution < -0.4 is 16.8 Å². The second kappa shape index (κ2) is 10.7. The fourth-order valence-corrected chi connectivity index (χ4v) is 5.67. The average molecular weight is 487 g/mol. The number of nitrogens with zero attached hydrogens (tertiary/aromatic N) is 1. The van der Waals surface area contributed by atoms with E-state index in [1.807, 2.05) is 48.5 Å². The van der Waals surface area contributed by atoms with Gasteiger partial charge in [-0.05, 0) is 70.1 Å². The first-order valence-electron chi connectivity index (χ1n) is 12.8. The maximum Gasteiger partial charge on any atom is 0.242 e. The molecule has 0 saturated carbocycles. The molecule has 0 aliphatic carbocycles. The van der Waals surface area contributed by atoms with Crippen LogP contribution in [-0.4, -0.2) is 35.0 Å². The van der Waals surface area contributed by atoms with Crippen molar-refractivity contribution in [2.75, 3.05) is 5.32 Å². The molecule has 1 saturated heterocycles. The van der Waals surface area contributed by atoms with Gasteiger partial charge in [-0.25, -0.2) is 0 Å². The van der Waals surface area contributed by atoms with Crippen molar-refractivity contribution in [3.8, 4) is 0 Å². The van der Waals surface area contributed by atoms with Crippen LogP contribution in [0.1, 0.15) is 57.6 Å². The first-order chi connectivity index (χ1) is 17.2. The zero-order chi connectivity index (χ0) is 25.9. The number of carbonyl (C=O) groups is 2. The Bertz CT molecular complexity index is 1170. The maximum absolute atomic E-state index is 13.8. The van der Waals surface area contributed by atoms with Crippen molar-refractivity contribution in [1.82, 2.24) is 4.90 Å². The van der Waals surface area contributed by atoms with Crippen LogP contribution in [0.15, 0.2) is 77.9 Å². The number of para-hydroxylation sites is 1. The molecule has 4 atom stereocenters. The summed E-state index contributed by atoms with van der Waals surface area (Å²) in [4.78, 5) is 28.1. The molecule has 0 aromatic heterocycles. The van der Waals surface area contributed by atoms with Gasteiger partial charge in [0.05, 0.1) is 6.04 Å². The van der Waals surface area contributed by atoms with Gasteiger partial charge in [0.2, 0.25) is 11.8 Å². The number of hydrogen-bond donors (Lipinski definition) is 3. The fraction of sp³-hybridized carbons (Fsp3) is 0.400. The Kier molecular flexibility index (Phi) is 7.65. The molecule has 0 bridgehead atoms. The Morgan fingerprint density at radius 3 is 2.47 bits per heavy atom. The van der Waals surface area contributed by atoms with Crippen LogP contribution in [0, 0.1) is 0 Å². The Balaban J connectivity index is 1.65. The van der Waals surface area contributed by atoms with E-state index in [2.05, 4.69) is 44.3 Å². The van der Waals surface area contributed by atoms with Crippen LogP contribution in [-0.2, 0) is 21.4 Å². The molecular weight excluding hydrogens is 448 g/mol. The summed E-state index contributed by atoms with van der Waals surface area (Å²) in [6, 6.07) is 16.4. The number of fused-ring (bicyclic) bond motifs is 3. The lowest BCUT2D eigenvalue weighted by Crippen LogP contribution is -2.56. The number of rotatable bonds is 9. The Morgan fingerprint density at radius 2 is 1.78 bits per heavy atom. The van der Waals surface area contributed by atoms with Gasteiger partial charge in [0.1, 0.15) is 12.2 Å². The van der Waals surface area contributed by atoms with Crippen LogP contribution >= 0.6 is 0 Å². The van der Waals surface area contributed by atoms with Crippen molar-refractivity contribution in [3.05, 3.63) is 89.0 Å². The van der Waals surface area contributed by atoms with E-state index in [0.717, 1.165) is 29.7 Å². The highest BCUT2D eigenvalue weighted by Crippen LogP contribution is 2.53. The zero-order valence-electron chi connectivity index (χ0n) is 21.5. The van der Waals surface area contributed by atoms with Crippen LogP contribution in [0.5, 0.6) is 0 Å². The Labute approximate surface area is 214 Å². The van der Waals surface area contributed by atoms with E-state index >= 15 is 0 Å². The molecule has 36 heavy (non-hydrogen) atoms. The monoisotopic (exact) mass is 486 g/mol. The molecule has 1 fully saturated rings. The van der Waals surface area contributed by atoms with E-state index in [9.17, 15) is 9.59 Å². The summed E-state index contributed by atoms with van der Waals surface area (Å²) in [5.74, 6) is -0.744. The molecule has 2 aromatic rings. The molecule has 5 N–H and O–H groups in total. The van der Waals surface area contributed by atoms with E-state index in [1.54, 1.807) is 4.90 Å². The maximum atomic E-state index is 13.8. The first kappa shape index (κ1) is 25.7. The van der Waals surface area contributed by atoms with E-state index < -0.39 is 23.4 Å². The summed E-state index contributed by atoms with van der Waals surface area (Å²) in [6.07, 6.45) is 7.69. The largest absolute Gasteiger partial charge is 0.368 e. The van der Waals surface area contributed by atoms with Gasteiger partial charge in [0.15, 0.2) is 0 Å². The number of primary amides is 1. The van der Waals surface area contributed by atoms with Gasteiger partial charge in [0.25, 0.3) is 0 Å². The van der Waals surface area contributed by atoms with Gasteiger partial charge in [0, 0.05) is 11.1 Å². The molecule has 2 aliphatic rings. The highest BCUT2D eigenvalue weighted by Gasteiger charge is 2.60. The summed E-state index contributed by atoms with van der Waals surface area (Å²) in [7, 11) is 0. The van der Waals surface area contributed by atoms with E-state index in [4.69, 9.17) is 11.5 Å². The van der Waals surface area contributed by atoms with Crippen molar-refractivity contribution < 1.29 is 9.59 Å². The number of carbonyl (C=O) groups excluding carboxylic acids is 2. The number of amides is 2. The number of hydrogen-bond acceptors (Lipinski definition) is 4. The summed E-state index contributed by atoms with van der Waals surface area (Å²) >= 11 is 0. The third kappa shape index (κ3) is 5.09. The summed E-state index contributed by atoms with van der Waals surface area (Å²) in [5.41, 5.74) is 17.6. The SMILES string of the molecule is CC(C)=CCC/C(C)=C/C[C@]12C[C@@H](C(N)=O)N(C(=O)[C@@H](N)Cc3ccccc3)[C@H]1Nc1ccccc12. The molecule has 0 unspecified atom stereocenters. The quantitative estimate of drug-likeness (QED) is 0.457. The second-order valence-electron chi connectivity index (χ2n) is 10.5. The first-order valence-corrected chi connectivity index (χ1v) is 12.8. The number of anilines is 1. The van der Waals surface area contributed by atoms with Crippen molar-refractivity contribution in [3.63, 3.8) is 0 Å². The summed E-state index contributed by atoms with van der Waals surface area (Å²) in [5, 5.41) is 3.56. The molecule has 0 spiro atoms. The van der Waals surface area contributed by atoms with Crippen molar-refractivity contribution in [2.24, 2.45) is 11.5 Å². The standard InChI is InChI=1S/C30H38N4O2/c1-20(2)10-9-11-21(3)16-17-30-19-26(27(32)35)34(29(30)33-25-15-8-7-14-23(25)30)28(36)24(31)18-22-12-5-4-6-13-22/h4-8,10,12-16,24,26,29,33H,9,11,17-19,31H2,1-3H3,(H2,32,35)/b21-16+/t24-,26-,29+,30+/m0/s1. The predicted octanol–water partition coefficient (Wildman–Crippen LogP) is 4.42. The topological polar surface area (TPSA) is 101 Å². The third-order valence-electron chi connectivity index (χ3n) is 7.56. The number of allylic oxidation sites excluding steroid dienone is 4. The average Bonchev–Trinajstić information content (AvgIpc) is 3.34. The van der Waals surface area contributed by atoms with Crippen molar-refractivity contribution >= 4 is 17.5 Å². The summed E-state index contributed by atoms with van der Waals surface area (Å²) in [6.45, 7) is 6.37. The minimum atomic E-state index is -0.767. The normalized spacial score (nSPS) is 23.4. The van der Waals surface area contributed by atoms with Gasteiger partial charge < -0.3 is 21.7 Å². The minimum Gasteiger partial charge on any atom is -0.368 e. The number of likely N-dealkylation sites (tertiary alicyclic amines) is 1. The van der Waals surface area contributed by atoms with Crippen LogP contribution in [0.3, 0.4) is 0 Å². The molecule has 6 heteroatoms. The Morgan fingerprint density at radius 1 is 1.08 bits per heavy atom. The van der Waals surface area contributed by atoms with E-state index in [-0.39, 0.29) is 12.1 Å². The summed E-state index contributed by atoms with van der Waals surface area (Å²) < 4.78 is 0.